The van der Waals surface area contributed by atoms with Crippen LogP contribution in [0.4, 0.5) is 0 Å². The van der Waals surface area contributed by atoms with Crippen molar-refractivity contribution in [1.29, 1.82) is 0 Å². The molecule has 3 unspecified atom stereocenters. The van der Waals surface area contributed by atoms with Gasteiger partial charge in [0, 0.05) is 29.6 Å². The monoisotopic (exact) mass is 327 g/mol. The van der Waals surface area contributed by atoms with E-state index in [4.69, 9.17) is 0 Å². The van der Waals surface area contributed by atoms with Crippen LogP contribution in [0.1, 0.15) is 40.5 Å². The largest absolute Gasteiger partial charge is 0.345 e. The van der Waals surface area contributed by atoms with E-state index in [1.54, 1.807) is 0 Å². The fourth-order valence-corrected chi connectivity index (χ4v) is 4.16. The van der Waals surface area contributed by atoms with Gasteiger partial charge >= 0.3 is 0 Å². The zero-order valence-electron chi connectivity index (χ0n) is 15.2. The molecule has 1 amide bonds. The summed E-state index contributed by atoms with van der Waals surface area (Å²) in [4.78, 5) is 14.9. The van der Waals surface area contributed by atoms with Gasteiger partial charge in [-0.05, 0) is 64.6 Å². The molecule has 2 N–H and O–H groups in total. The third-order valence-corrected chi connectivity index (χ3v) is 5.67. The molecule has 3 atom stereocenters. The Balaban J connectivity index is 1.70. The van der Waals surface area contributed by atoms with Gasteiger partial charge in [-0.2, -0.15) is 0 Å². The van der Waals surface area contributed by atoms with Gasteiger partial charge < -0.3 is 15.5 Å². The van der Waals surface area contributed by atoms with E-state index in [1.165, 1.54) is 5.57 Å². The van der Waals surface area contributed by atoms with E-state index in [2.05, 4.69) is 41.2 Å². The maximum Gasteiger partial charge on any atom is 0.224 e. The molecule has 2 aliphatic heterocycles. The van der Waals surface area contributed by atoms with Crippen molar-refractivity contribution < 1.29 is 4.79 Å². The number of piperidine rings is 1. The first-order valence-corrected chi connectivity index (χ1v) is 8.89. The second-order valence-corrected chi connectivity index (χ2v) is 7.74. The fraction of sp³-hybridized carbons (Fsp3) is 0.550. The van der Waals surface area contributed by atoms with Crippen molar-refractivity contribution in [3.8, 4) is 0 Å². The summed E-state index contributed by atoms with van der Waals surface area (Å²) in [5, 5.41) is 6.72. The summed E-state index contributed by atoms with van der Waals surface area (Å²) < 4.78 is 0. The zero-order chi connectivity index (χ0) is 17.5. The van der Waals surface area contributed by atoms with Crippen LogP contribution in [0.15, 0.2) is 48.0 Å². The fourth-order valence-electron chi connectivity index (χ4n) is 4.16. The van der Waals surface area contributed by atoms with Gasteiger partial charge in [-0.1, -0.05) is 18.7 Å². The molecule has 3 rings (SSSR count). The Morgan fingerprint density at radius 2 is 2.21 bits per heavy atom. The minimum atomic E-state index is -0.497. The van der Waals surface area contributed by atoms with Crippen molar-refractivity contribution in [2.75, 3.05) is 6.54 Å². The van der Waals surface area contributed by atoms with E-state index in [-0.39, 0.29) is 11.8 Å². The maximum atomic E-state index is 12.8. The van der Waals surface area contributed by atoms with Crippen molar-refractivity contribution in [3.63, 3.8) is 0 Å². The Morgan fingerprint density at radius 1 is 1.46 bits per heavy atom. The van der Waals surface area contributed by atoms with Crippen LogP contribution in [-0.4, -0.2) is 28.9 Å². The van der Waals surface area contributed by atoms with Gasteiger partial charge in [0.1, 0.15) is 0 Å². The van der Waals surface area contributed by atoms with Crippen LogP contribution in [0.3, 0.4) is 0 Å². The lowest BCUT2D eigenvalue weighted by Crippen LogP contribution is -2.51. The highest BCUT2D eigenvalue weighted by molar-refractivity contribution is 5.80. The highest BCUT2D eigenvalue weighted by Gasteiger charge is 2.44. The highest BCUT2D eigenvalue weighted by Crippen LogP contribution is 2.37. The van der Waals surface area contributed by atoms with Crippen LogP contribution >= 0.6 is 0 Å². The van der Waals surface area contributed by atoms with Crippen LogP contribution < -0.4 is 10.6 Å². The van der Waals surface area contributed by atoms with Gasteiger partial charge in [-0.3, -0.25) is 4.79 Å². The van der Waals surface area contributed by atoms with Gasteiger partial charge in [0.15, 0.2) is 0 Å². The predicted octanol–water partition coefficient (Wildman–Crippen LogP) is 3.07. The summed E-state index contributed by atoms with van der Waals surface area (Å²) in [7, 11) is 0. The summed E-state index contributed by atoms with van der Waals surface area (Å²) >= 11 is 0. The number of nitrogens with zero attached hydrogens (tertiary/aromatic N) is 1. The molecule has 1 saturated carbocycles. The van der Waals surface area contributed by atoms with Gasteiger partial charge in [0.2, 0.25) is 5.91 Å². The Bertz CT molecular complexity index is 641. The second kappa shape index (κ2) is 6.25. The SMILES string of the molecule is C=C(N1C=CC=C(C)/C1=C/C)C(C)(C)NC(=O)C1CC2CC1CN2. The molecule has 0 aromatic heterocycles. The molecule has 0 aromatic rings. The first-order valence-electron chi connectivity index (χ1n) is 8.89. The van der Waals surface area contributed by atoms with Crippen molar-refractivity contribution in [2.24, 2.45) is 11.8 Å². The van der Waals surface area contributed by atoms with Gasteiger partial charge in [-0.25, -0.2) is 0 Å². The number of hydrogen-bond donors (Lipinski definition) is 2. The molecule has 4 heteroatoms. The van der Waals surface area contributed by atoms with E-state index in [0.29, 0.717) is 12.0 Å². The topological polar surface area (TPSA) is 44.4 Å². The smallest absolute Gasteiger partial charge is 0.224 e. The molecule has 24 heavy (non-hydrogen) atoms. The third kappa shape index (κ3) is 2.95. The minimum Gasteiger partial charge on any atom is -0.345 e. The number of rotatable bonds is 4. The van der Waals surface area contributed by atoms with Crippen LogP contribution in [0.2, 0.25) is 0 Å². The minimum absolute atomic E-state index is 0.142. The van der Waals surface area contributed by atoms with Crippen LogP contribution in [0.25, 0.3) is 0 Å². The number of amides is 1. The van der Waals surface area contributed by atoms with Crippen molar-refractivity contribution >= 4 is 5.91 Å². The van der Waals surface area contributed by atoms with Crippen molar-refractivity contribution in [3.05, 3.63) is 48.0 Å². The summed E-state index contributed by atoms with van der Waals surface area (Å²) in [6, 6.07) is 0.532. The summed E-state index contributed by atoms with van der Waals surface area (Å²) in [6.07, 6.45) is 10.3. The van der Waals surface area contributed by atoms with E-state index in [1.807, 2.05) is 33.0 Å². The van der Waals surface area contributed by atoms with E-state index >= 15 is 0 Å². The molecule has 1 saturated heterocycles. The first kappa shape index (κ1) is 17.0. The predicted molar refractivity (Wildman–Crippen MR) is 97.9 cm³/mol. The molecule has 3 aliphatic rings. The van der Waals surface area contributed by atoms with E-state index < -0.39 is 5.54 Å². The number of hydrogen-bond acceptors (Lipinski definition) is 3. The summed E-state index contributed by atoms with van der Waals surface area (Å²) in [6.45, 7) is 13.5. The number of allylic oxidation sites excluding steroid dienone is 4. The molecule has 2 fully saturated rings. The third-order valence-electron chi connectivity index (χ3n) is 5.67. The quantitative estimate of drug-likeness (QED) is 0.834. The average molecular weight is 327 g/mol. The number of carbonyl (C=O) groups excluding carboxylic acids is 1. The second-order valence-electron chi connectivity index (χ2n) is 7.74. The normalized spacial score (nSPS) is 30.7. The molecule has 4 nitrogen and oxygen atoms in total. The molecule has 0 radical (unpaired) electrons. The lowest BCUT2D eigenvalue weighted by atomic mass is 9.91. The Morgan fingerprint density at radius 3 is 2.79 bits per heavy atom. The average Bonchev–Trinajstić information content (AvgIpc) is 3.16. The molecule has 0 aromatic carbocycles. The molecule has 2 bridgehead atoms. The molecule has 2 heterocycles. The lowest BCUT2D eigenvalue weighted by molar-refractivity contribution is -0.127. The van der Waals surface area contributed by atoms with Crippen molar-refractivity contribution in [1.82, 2.24) is 15.5 Å². The molecule has 0 spiro atoms. The highest BCUT2D eigenvalue weighted by atomic mass is 16.2. The van der Waals surface area contributed by atoms with Gasteiger partial charge in [-0.15, -0.1) is 0 Å². The first-order chi connectivity index (χ1) is 11.3. The molecular formula is C20H29N3O. The Kier molecular flexibility index (Phi) is 4.43. The number of fused-ring (bicyclic) bond motifs is 2. The summed E-state index contributed by atoms with van der Waals surface area (Å²) in [5.74, 6) is 0.804. The molecule has 1 aliphatic carbocycles. The van der Waals surface area contributed by atoms with E-state index in [0.717, 1.165) is 30.8 Å². The summed E-state index contributed by atoms with van der Waals surface area (Å²) in [5.41, 5.74) is 2.70. The standard InChI is InChI=1S/C20H29N3O/c1-6-18-13(2)8-7-9-23(18)14(3)20(4,5)22-19(24)17-11-16-10-15(17)12-21-16/h6-9,15-17,21H,3,10-12H2,1-2,4-5H3,(H,22,24)/b18-6-. The van der Waals surface area contributed by atoms with Crippen molar-refractivity contribution in [2.45, 2.75) is 52.1 Å². The molecular weight excluding hydrogens is 298 g/mol. The number of nitrogens with one attached hydrogen (secondary N) is 2. The maximum absolute atomic E-state index is 12.8. The molecule has 130 valence electrons. The zero-order valence-corrected chi connectivity index (χ0v) is 15.2. The number of carbonyl (C=O) groups is 1. The van der Waals surface area contributed by atoms with Crippen LogP contribution in [0.5, 0.6) is 0 Å². The van der Waals surface area contributed by atoms with Gasteiger partial charge in [0.05, 0.1) is 5.54 Å². The Hall–Kier alpha value is -1.81. The van der Waals surface area contributed by atoms with Gasteiger partial charge in [0.25, 0.3) is 0 Å². The van der Waals surface area contributed by atoms with E-state index in [9.17, 15) is 4.79 Å². The Labute approximate surface area is 145 Å². The van der Waals surface area contributed by atoms with Crippen LogP contribution in [-0.2, 0) is 4.79 Å². The lowest BCUT2D eigenvalue weighted by Gasteiger charge is -2.39. The van der Waals surface area contributed by atoms with Crippen LogP contribution in [0, 0.1) is 11.8 Å².